The molecule has 1 N–H and O–H groups in total. The summed E-state index contributed by atoms with van der Waals surface area (Å²) in [5.74, 6) is 0. The van der Waals surface area contributed by atoms with Gasteiger partial charge in [-0.05, 0) is 30.0 Å². The SMILES string of the molecule is O=C(OCc1ccccc1)N1CCNCC1CCc1cccnc1. The van der Waals surface area contributed by atoms with Gasteiger partial charge in [-0.15, -0.1) is 0 Å². The molecule has 1 aliphatic rings. The van der Waals surface area contributed by atoms with E-state index in [1.54, 1.807) is 6.20 Å². The predicted octanol–water partition coefficient (Wildman–Crippen LogP) is 2.62. The van der Waals surface area contributed by atoms with E-state index >= 15 is 0 Å². The largest absolute Gasteiger partial charge is 0.445 e. The van der Waals surface area contributed by atoms with Gasteiger partial charge in [0.2, 0.25) is 0 Å². The molecule has 1 atom stereocenters. The van der Waals surface area contributed by atoms with Crippen molar-refractivity contribution in [2.75, 3.05) is 19.6 Å². The lowest BCUT2D eigenvalue weighted by atomic mass is 10.0. The highest BCUT2D eigenvalue weighted by Gasteiger charge is 2.27. The minimum atomic E-state index is -0.225. The summed E-state index contributed by atoms with van der Waals surface area (Å²) in [6, 6.07) is 13.9. The third-order valence-electron chi connectivity index (χ3n) is 4.28. The van der Waals surface area contributed by atoms with Crippen LogP contribution in [0.2, 0.25) is 0 Å². The molecule has 126 valence electrons. The average molecular weight is 325 g/mol. The highest BCUT2D eigenvalue weighted by atomic mass is 16.6. The standard InChI is InChI=1S/C19H23N3O2/c23-19(24-15-17-5-2-1-3-6-17)22-12-11-21-14-18(22)9-8-16-7-4-10-20-13-16/h1-7,10,13,18,21H,8-9,11-12,14-15H2. The number of carbonyl (C=O) groups excluding carboxylic acids is 1. The number of hydrogen-bond donors (Lipinski definition) is 1. The van der Waals surface area contributed by atoms with Gasteiger partial charge in [0.25, 0.3) is 0 Å². The van der Waals surface area contributed by atoms with Crippen molar-refractivity contribution in [2.45, 2.75) is 25.5 Å². The average Bonchev–Trinajstić information content (AvgIpc) is 2.66. The van der Waals surface area contributed by atoms with Crippen LogP contribution in [0.15, 0.2) is 54.9 Å². The fraction of sp³-hybridized carbons (Fsp3) is 0.368. The normalized spacial score (nSPS) is 17.5. The maximum Gasteiger partial charge on any atom is 0.410 e. The fourth-order valence-electron chi connectivity index (χ4n) is 2.94. The molecule has 1 aromatic carbocycles. The van der Waals surface area contributed by atoms with E-state index in [0.717, 1.165) is 31.5 Å². The zero-order valence-corrected chi connectivity index (χ0v) is 13.7. The molecule has 5 heteroatoms. The fourth-order valence-corrected chi connectivity index (χ4v) is 2.94. The Bertz CT molecular complexity index is 634. The number of aryl methyl sites for hydroxylation is 1. The van der Waals surface area contributed by atoms with Crippen molar-refractivity contribution in [2.24, 2.45) is 0 Å². The number of pyridine rings is 1. The number of rotatable bonds is 5. The summed E-state index contributed by atoms with van der Waals surface area (Å²) in [5.41, 5.74) is 2.20. The van der Waals surface area contributed by atoms with Crippen LogP contribution in [0.3, 0.4) is 0 Å². The number of hydrogen-bond acceptors (Lipinski definition) is 4. The Balaban J connectivity index is 1.54. The minimum absolute atomic E-state index is 0.155. The molecule has 0 bridgehead atoms. The number of piperazine rings is 1. The van der Waals surface area contributed by atoms with Crippen molar-refractivity contribution >= 4 is 6.09 Å². The van der Waals surface area contributed by atoms with Crippen LogP contribution >= 0.6 is 0 Å². The summed E-state index contributed by atoms with van der Waals surface area (Å²) in [6.45, 7) is 2.62. The molecular formula is C19H23N3O2. The predicted molar refractivity (Wildman–Crippen MR) is 92.5 cm³/mol. The van der Waals surface area contributed by atoms with Gasteiger partial charge < -0.3 is 15.0 Å². The van der Waals surface area contributed by atoms with E-state index in [9.17, 15) is 4.79 Å². The van der Waals surface area contributed by atoms with E-state index in [1.165, 1.54) is 5.56 Å². The molecule has 1 aliphatic heterocycles. The molecular weight excluding hydrogens is 302 g/mol. The van der Waals surface area contributed by atoms with Crippen LogP contribution < -0.4 is 5.32 Å². The van der Waals surface area contributed by atoms with Gasteiger partial charge in [0.1, 0.15) is 6.61 Å². The molecule has 0 radical (unpaired) electrons. The first-order valence-corrected chi connectivity index (χ1v) is 8.40. The van der Waals surface area contributed by atoms with Crippen LogP contribution in [0, 0.1) is 0 Å². The van der Waals surface area contributed by atoms with Crippen molar-refractivity contribution in [3.63, 3.8) is 0 Å². The van der Waals surface area contributed by atoms with E-state index in [4.69, 9.17) is 4.74 Å². The van der Waals surface area contributed by atoms with Gasteiger partial charge >= 0.3 is 6.09 Å². The van der Waals surface area contributed by atoms with E-state index in [0.29, 0.717) is 13.2 Å². The monoisotopic (exact) mass is 325 g/mol. The van der Waals surface area contributed by atoms with E-state index in [-0.39, 0.29) is 12.1 Å². The van der Waals surface area contributed by atoms with E-state index < -0.39 is 0 Å². The summed E-state index contributed by atoms with van der Waals surface area (Å²) < 4.78 is 5.50. The van der Waals surface area contributed by atoms with Crippen LogP contribution in [0.4, 0.5) is 4.79 Å². The summed E-state index contributed by atoms with van der Waals surface area (Å²) >= 11 is 0. The lowest BCUT2D eigenvalue weighted by molar-refractivity contribution is 0.0703. The second-order valence-electron chi connectivity index (χ2n) is 5.99. The maximum atomic E-state index is 12.5. The number of nitrogens with zero attached hydrogens (tertiary/aromatic N) is 2. The zero-order valence-electron chi connectivity index (χ0n) is 13.7. The molecule has 2 aromatic rings. The molecule has 24 heavy (non-hydrogen) atoms. The molecule has 1 amide bonds. The molecule has 0 aliphatic carbocycles. The second kappa shape index (κ2) is 8.45. The van der Waals surface area contributed by atoms with Crippen LogP contribution in [-0.2, 0) is 17.8 Å². The van der Waals surface area contributed by atoms with Gasteiger partial charge in [0.05, 0.1) is 0 Å². The Labute approximate surface area is 142 Å². The Hall–Kier alpha value is -2.40. The van der Waals surface area contributed by atoms with Crippen LogP contribution in [-0.4, -0.2) is 41.7 Å². The summed E-state index contributed by atoms with van der Waals surface area (Å²) in [6.07, 6.45) is 5.24. The number of nitrogens with one attached hydrogen (secondary N) is 1. The third-order valence-corrected chi connectivity index (χ3v) is 4.28. The molecule has 1 fully saturated rings. The molecule has 3 rings (SSSR count). The molecule has 1 unspecified atom stereocenters. The Morgan fingerprint density at radius 1 is 1.21 bits per heavy atom. The lowest BCUT2D eigenvalue weighted by Gasteiger charge is -2.35. The Morgan fingerprint density at radius 2 is 2.04 bits per heavy atom. The Kier molecular flexibility index (Phi) is 5.80. The molecule has 1 aromatic heterocycles. The summed E-state index contributed by atoms with van der Waals surface area (Å²) in [4.78, 5) is 18.5. The number of carbonyl (C=O) groups is 1. The quantitative estimate of drug-likeness (QED) is 0.918. The van der Waals surface area contributed by atoms with E-state index in [2.05, 4.69) is 16.4 Å². The van der Waals surface area contributed by atoms with Crippen molar-refractivity contribution in [3.05, 3.63) is 66.0 Å². The summed E-state index contributed by atoms with van der Waals surface area (Å²) in [5, 5.41) is 3.36. The van der Waals surface area contributed by atoms with Crippen molar-refractivity contribution in [1.82, 2.24) is 15.2 Å². The van der Waals surface area contributed by atoms with E-state index in [1.807, 2.05) is 47.5 Å². The van der Waals surface area contributed by atoms with Crippen molar-refractivity contribution < 1.29 is 9.53 Å². The smallest absolute Gasteiger partial charge is 0.410 e. The number of ether oxygens (including phenoxy) is 1. The van der Waals surface area contributed by atoms with Gasteiger partial charge in [-0.1, -0.05) is 36.4 Å². The Morgan fingerprint density at radius 3 is 2.83 bits per heavy atom. The first kappa shape index (κ1) is 16.5. The first-order valence-electron chi connectivity index (χ1n) is 8.40. The summed E-state index contributed by atoms with van der Waals surface area (Å²) in [7, 11) is 0. The third kappa shape index (κ3) is 4.55. The number of amides is 1. The van der Waals surface area contributed by atoms with Gasteiger partial charge in [0, 0.05) is 38.1 Å². The van der Waals surface area contributed by atoms with Gasteiger partial charge in [0.15, 0.2) is 0 Å². The molecule has 0 spiro atoms. The van der Waals surface area contributed by atoms with Crippen LogP contribution in [0.25, 0.3) is 0 Å². The highest BCUT2D eigenvalue weighted by molar-refractivity contribution is 5.68. The number of aromatic nitrogens is 1. The zero-order chi connectivity index (χ0) is 16.6. The van der Waals surface area contributed by atoms with Crippen molar-refractivity contribution in [1.29, 1.82) is 0 Å². The maximum absolute atomic E-state index is 12.5. The molecule has 5 nitrogen and oxygen atoms in total. The highest BCUT2D eigenvalue weighted by Crippen LogP contribution is 2.14. The molecule has 0 saturated carbocycles. The van der Waals surface area contributed by atoms with Crippen molar-refractivity contribution in [3.8, 4) is 0 Å². The molecule has 1 saturated heterocycles. The molecule has 2 heterocycles. The topological polar surface area (TPSA) is 54.5 Å². The first-order chi connectivity index (χ1) is 11.8. The minimum Gasteiger partial charge on any atom is -0.445 e. The van der Waals surface area contributed by atoms with Gasteiger partial charge in [-0.25, -0.2) is 4.79 Å². The van der Waals surface area contributed by atoms with Crippen LogP contribution in [0.5, 0.6) is 0 Å². The second-order valence-corrected chi connectivity index (χ2v) is 5.99. The van der Waals surface area contributed by atoms with Gasteiger partial charge in [-0.3, -0.25) is 4.98 Å². The number of benzene rings is 1. The van der Waals surface area contributed by atoms with Crippen LogP contribution in [0.1, 0.15) is 17.5 Å². The lowest BCUT2D eigenvalue weighted by Crippen LogP contribution is -2.53. The van der Waals surface area contributed by atoms with Gasteiger partial charge in [-0.2, -0.15) is 0 Å².